The number of imidazole rings is 1. The summed E-state index contributed by atoms with van der Waals surface area (Å²) < 4.78 is 2.34. The van der Waals surface area contributed by atoms with Crippen molar-refractivity contribution in [1.82, 2.24) is 9.55 Å². The van der Waals surface area contributed by atoms with E-state index in [1.54, 1.807) is 18.2 Å². The van der Waals surface area contributed by atoms with Crippen LogP contribution in [-0.2, 0) is 4.79 Å². The number of benzene rings is 1. The van der Waals surface area contributed by atoms with E-state index in [-0.39, 0.29) is 18.4 Å². The van der Waals surface area contributed by atoms with Crippen LogP contribution in [0.5, 0.6) is 0 Å². The summed E-state index contributed by atoms with van der Waals surface area (Å²) in [4.78, 5) is 14.0. The molecule has 5 nitrogen and oxygen atoms in total. The molecule has 2 aromatic rings. The average Bonchev–Trinajstić information content (AvgIpc) is 2.62. The molecule has 1 unspecified atom stereocenters. The Balaban J connectivity index is 2.62. The van der Waals surface area contributed by atoms with Gasteiger partial charge in [0.25, 0.3) is 0 Å². The number of primary amides is 1. The van der Waals surface area contributed by atoms with E-state index in [1.165, 1.54) is 0 Å². The highest BCUT2D eigenvalue weighted by Crippen LogP contribution is 2.22. The summed E-state index contributed by atoms with van der Waals surface area (Å²) in [5.74, 6) is -0.379. The van der Waals surface area contributed by atoms with Crippen LogP contribution in [-0.4, -0.2) is 15.5 Å². The van der Waals surface area contributed by atoms with Gasteiger partial charge in [0.05, 0.1) is 22.7 Å². The van der Waals surface area contributed by atoms with Crippen LogP contribution < -0.4 is 5.73 Å². The van der Waals surface area contributed by atoms with Gasteiger partial charge in [0.15, 0.2) is 4.77 Å². The van der Waals surface area contributed by atoms with Crippen LogP contribution in [0.4, 0.5) is 0 Å². The predicted octanol–water partition coefficient (Wildman–Crippen LogP) is 2.01. The van der Waals surface area contributed by atoms with E-state index < -0.39 is 0 Å². The van der Waals surface area contributed by atoms with Crippen molar-refractivity contribution in [3.8, 4) is 6.07 Å². The lowest BCUT2D eigenvalue weighted by Gasteiger charge is -2.12. The number of amides is 1. The van der Waals surface area contributed by atoms with Gasteiger partial charge in [-0.2, -0.15) is 5.26 Å². The standard InChI is InChI=1S/C12H12N4OS/c1-7(4-11(14)17)16-10-5-8(6-13)2-3-9(10)15-12(16)18/h2-3,5,7H,4H2,1H3,(H2,14,17)(H,15,18). The molecule has 3 N–H and O–H groups in total. The molecule has 1 aromatic heterocycles. The van der Waals surface area contributed by atoms with Crippen molar-refractivity contribution in [2.24, 2.45) is 5.73 Å². The Morgan fingerprint density at radius 3 is 3.00 bits per heavy atom. The third kappa shape index (κ3) is 2.13. The van der Waals surface area contributed by atoms with Crippen molar-refractivity contribution < 1.29 is 4.79 Å². The summed E-state index contributed by atoms with van der Waals surface area (Å²) >= 11 is 5.23. The zero-order valence-corrected chi connectivity index (χ0v) is 10.6. The first-order chi connectivity index (χ1) is 8.52. The molecule has 2 rings (SSSR count). The molecule has 0 spiro atoms. The van der Waals surface area contributed by atoms with Gasteiger partial charge in [0.2, 0.25) is 5.91 Å². The van der Waals surface area contributed by atoms with Crippen LogP contribution in [0.1, 0.15) is 24.9 Å². The van der Waals surface area contributed by atoms with Crippen LogP contribution in [0.15, 0.2) is 18.2 Å². The Morgan fingerprint density at radius 2 is 2.39 bits per heavy atom. The van der Waals surface area contributed by atoms with Crippen LogP contribution in [0, 0.1) is 16.1 Å². The van der Waals surface area contributed by atoms with E-state index in [0.29, 0.717) is 10.3 Å². The van der Waals surface area contributed by atoms with E-state index >= 15 is 0 Å². The minimum absolute atomic E-state index is 0.141. The fourth-order valence-corrected chi connectivity index (χ4v) is 2.40. The molecule has 6 heteroatoms. The molecule has 0 fully saturated rings. The summed E-state index contributed by atoms with van der Waals surface area (Å²) in [6.45, 7) is 1.87. The van der Waals surface area contributed by atoms with Gasteiger partial charge in [-0.15, -0.1) is 0 Å². The van der Waals surface area contributed by atoms with E-state index in [1.807, 2.05) is 11.5 Å². The smallest absolute Gasteiger partial charge is 0.219 e. The van der Waals surface area contributed by atoms with Crippen LogP contribution in [0.2, 0.25) is 0 Å². The molecule has 0 radical (unpaired) electrons. The Hall–Kier alpha value is -2.13. The van der Waals surface area contributed by atoms with Crippen LogP contribution >= 0.6 is 12.2 Å². The summed E-state index contributed by atoms with van der Waals surface area (Å²) in [5.41, 5.74) is 7.41. The number of hydrogen-bond acceptors (Lipinski definition) is 3. The van der Waals surface area contributed by atoms with Crippen LogP contribution in [0.3, 0.4) is 0 Å². The maximum absolute atomic E-state index is 11.0. The number of hydrogen-bond donors (Lipinski definition) is 2. The highest BCUT2D eigenvalue weighted by atomic mass is 32.1. The van der Waals surface area contributed by atoms with Gasteiger partial charge in [-0.25, -0.2) is 0 Å². The third-order valence-corrected chi connectivity index (χ3v) is 3.08. The number of carbonyl (C=O) groups is 1. The van der Waals surface area contributed by atoms with Crippen molar-refractivity contribution in [1.29, 1.82) is 5.26 Å². The largest absolute Gasteiger partial charge is 0.370 e. The van der Waals surface area contributed by atoms with Gasteiger partial charge in [-0.1, -0.05) is 0 Å². The molecule has 0 saturated carbocycles. The second kappa shape index (κ2) is 4.63. The summed E-state index contributed by atoms with van der Waals surface area (Å²) in [6.07, 6.45) is 0.206. The molecule has 1 atom stereocenters. The number of fused-ring (bicyclic) bond motifs is 1. The van der Waals surface area contributed by atoms with Gasteiger partial charge >= 0.3 is 0 Å². The second-order valence-electron chi connectivity index (χ2n) is 4.16. The lowest BCUT2D eigenvalue weighted by molar-refractivity contribution is -0.118. The maximum atomic E-state index is 11.0. The van der Waals surface area contributed by atoms with Crippen molar-refractivity contribution >= 4 is 29.2 Å². The summed E-state index contributed by atoms with van der Waals surface area (Å²) in [5, 5.41) is 8.91. The van der Waals surface area contributed by atoms with E-state index in [2.05, 4.69) is 11.1 Å². The molecule has 1 amide bonds. The molecule has 1 heterocycles. The molecule has 0 aliphatic carbocycles. The molecular weight excluding hydrogens is 248 g/mol. The molecular formula is C12H12N4OS. The van der Waals surface area contributed by atoms with E-state index in [0.717, 1.165) is 11.0 Å². The number of H-pyrrole nitrogens is 1. The molecule has 0 bridgehead atoms. The first-order valence-electron chi connectivity index (χ1n) is 5.45. The number of nitriles is 1. The number of nitrogens with one attached hydrogen (secondary N) is 1. The van der Waals surface area contributed by atoms with Crippen molar-refractivity contribution in [3.05, 3.63) is 28.5 Å². The summed E-state index contributed by atoms with van der Waals surface area (Å²) in [7, 11) is 0. The molecule has 1 aromatic carbocycles. The molecule has 0 aliphatic rings. The van der Waals surface area contributed by atoms with Gasteiger partial charge in [-0.3, -0.25) is 4.79 Å². The highest BCUT2D eigenvalue weighted by Gasteiger charge is 2.13. The molecule has 0 aliphatic heterocycles. The monoisotopic (exact) mass is 260 g/mol. The SMILES string of the molecule is CC(CC(N)=O)n1c(=S)[nH]c2ccc(C#N)cc21. The summed E-state index contributed by atoms with van der Waals surface area (Å²) in [6, 6.07) is 7.21. The van der Waals surface area contributed by atoms with Gasteiger partial charge < -0.3 is 15.3 Å². The average molecular weight is 260 g/mol. The fraction of sp³-hybridized carbons (Fsp3) is 0.250. The fourth-order valence-electron chi connectivity index (χ4n) is 2.01. The predicted molar refractivity (Wildman–Crippen MR) is 70.4 cm³/mol. The Bertz CT molecular complexity index is 707. The number of rotatable bonds is 3. The van der Waals surface area contributed by atoms with Gasteiger partial charge in [-0.05, 0) is 37.3 Å². The van der Waals surface area contributed by atoms with Crippen molar-refractivity contribution in [2.45, 2.75) is 19.4 Å². The first kappa shape index (κ1) is 12.3. The Labute approximate surface area is 109 Å². The van der Waals surface area contributed by atoms with Crippen LogP contribution in [0.25, 0.3) is 11.0 Å². The lowest BCUT2D eigenvalue weighted by Crippen LogP contribution is -2.17. The molecule has 18 heavy (non-hydrogen) atoms. The van der Waals surface area contributed by atoms with Gasteiger partial charge in [0.1, 0.15) is 0 Å². The quantitative estimate of drug-likeness (QED) is 0.827. The molecule has 0 saturated heterocycles. The Morgan fingerprint density at radius 1 is 1.67 bits per heavy atom. The Kier molecular flexibility index (Phi) is 3.17. The van der Waals surface area contributed by atoms with Crippen molar-refractivity contribution in [3.63, 3.8) is 0 Å². The zero-order chi connectivity index (χ0) is 13.3. The number of carbonyl (C=O) groups excluding carboxylic acids is 1. The number of nitrogens with two attached hydrogens (primary N) is 1. The number of nitrogens with zero attached hydrogens (tertiary/aromatic N) is 2. The van der Waals surface area contributed by atoms with E-state index in [9.17, 15) is 4.79 Å². The minimum Gasteiger partial charge on any atom is -0.370 e. The third-order valence-electron chi connectivity index (χ3n) is 2.78. The van der Waals surface area contributed by atoms with E-state index in [4.69, 9.17) is 23.2 Å². The number of aromatic amines is 1. The topological polar surface area (TPSA) is 87.6 Å². The normalized spacial score (nSPS) is 12.2. The van der Waals surface area contributed by atoms with Crippen molar-refractivity contribution in [2.75, 3.05) is 0 Å². The second-order valence-corrected chi connectivity index (χ2v) is 4.55. The lowest BCUT2D eigenvalue weighted by atomic mass is 10.2. The number of aromatic nitrogens is 2. The minimum atomic E-state index is -0.379. The molecule has 92 valence electrons. The van der Waals surface area contributed by atoms with Gasteiger partial charge in [0, 0.05) is 12.5 Å². The zero-order valence-electron chi connectivity index (χ0n) is 9.80. The first-order valence-corrected chi connectivity index (χ1v) is 5.86. The maximum Gasteiger partial charge on any atom is 0.219 e. The highest BCUT2D eigenvalue weighted by molar-refractivity contribution is 7.71.